The minimum Gasteiger partial charge on any atom is -0.360 e. The Labute approximate surface area is 221 Å². The van der Waals surface area contributed by atoms with Gasteiger partial charge in [0.25, 0.3) is 5.91 Å². The van der Waals surface area contributed by atoms with Crippen molar-refractivity contribution in [2.24, 2.45) is 11.8 Å². The Bertz CT molecular complexity index is 1120. The molecule has 2 bridgehead atoms. The number of aromatic nitrogens is 1. The molecule has 1 amide bonds. The normalized spacial score (nSPS) is 37.1. The summed E-state index contributed by atoms with van der Waals surface area (Å²) in [6.45, 7) is 0.620. The van der Waals surface area contributed by atoms with Gasteiger partial charge in [-0.3, -0.25) is 4.79 Å². The molecule has 0 spiro atoms. The lowest BCUT2D eigenvalue weighted by molar-refractivity contribution is -0.109. The van der Waals surface area contributed by atoms with Gasteiger partial charge in [0.1, 0.15) is 11.9 Å². The van der Waals surface area contributed by atoms with Crippen LogP contribution < -0.4 is 10.6 Å². The summed E-state index contributed by atoms with van der Waals surface area (Å²) >= 11 is 0. The smallest absolute Gasteiger partial charge is 0.273 e. The van der Waals surface area contributed by atoms with E-state index in [2.05, 4.69) is 15.8 Å². The first-order valence-corrected chi connectivity index (χ1v) is 15.7. The van der Waals surface area contributed by atoms with Gasteiger partial charge >= 0.3 is 0 Å². The van der Waals surface area contributed by atoms with Crippen LogP contribution in [0.15, 0.2) is 10.6 Å². The van der Waals surface area contributed by atoms with Gasteiger partial charge < -0.3 is 15.2 Å². The minimum absolute atomic E-state index is 0.0291. The molecule has 2 aliphatic heterocycles. The van der Waals surface area contributed by atoms with Crippen molar-refractivity contribution >= 4 is 15.9 Å². The maximum atomic E-state index is 13.5. The van der Waals surface area contributed by atoms with Crippen LogP contribution in [0.3, 0.4) is 0 Å². The van der Waals surface area contributed by atoms with E-state index in [0.29, 0.717) is 31.6 Å². The second kappa shape index (κ2) is 10.1. The summed E-state index contributed by atoms with van der Waals surface area (Å²) in [6, 6.07) is 1.41. The molecule has 212 valence electrons. The molecule has 2 N–H and O–H groups in total. The van der Waals surface area contributed by atoms with Crippen molar-refractivity contribution < 1.29 is 30.9 Å². The first kappa shape index (κ1) is 26.6. The molecule has 3 aliphatic carbocycles. The Hall–Kier alpha value is -1.66. The standard InChI is InChI=1S/C26H37F3N4O4S/c27-22-9-21(22)24-10-23(32-37-24)25(34)31-18-7-19-5-6-20(8-18)33(19)38(35,36)14-15-1-3-17(4-2-15)30-13-16-11-26(28,29)12-16/h10,15-22,30H,1-9,11-14H2,(H,31,34)/t15?,17?,18?,19?,20?,21-,22-/m1/s1. The molecule has 5 aliphatic rings. The highest BCUT2D eigenvalue weighted by atomic mass is 32.2. The number of halogens is 3. The molecule has 2 saturated heterocycles. The zero-order valence-corrected chi connectivity index (χ0v) is 22.3. The first-order chi connectivity index (χ1) is 18.1. The van der Waals surface area contributed by atoms with Gasteiger partial charge in [0.15, 0.2) is 5.69 Å². The molecule has 3 heterocycles. The molecular formula is C26H37F3N4O4S. The average molecular weight is 559 g/mol. The maximum Gasteiger partial charge on any atom is 0.273 e. The van der Waals surface area contributed by atoms with E-state index < -0.39 is 22.1 Å². The summed E-state index contributed by atoms with van der Waals surface area (Å²) in [7, 11) is -3.42. The highest BCUT2D eigenvalue weighted by molar-refractivity contribution is 7.89. The number of piperidine rings is 1. The molecule has 0 aromatic carbocycles. The molecule has 6 rings (SSSR count). The van der Waals surface area contributed by atoms with Crippen LogP contribution >= 0.6 is 0 Å². The highest BCUT2D eigenvalue weighted by Crippen LogP contribution is 2.44. The van der Waals surface area contributed by atoms with Gasteiger partial charge in [-0.05, 0) is 76.2 Å². The number of sulfonamides is 1. The van der Waals surface area contributed by atoms with Crippen LogP contribution in [0, 0.1) is 11.8 Å². The number of nitrogens with zero attached hydrogens (tertiary/aromatic N) is 2. The predicted octanol–water partition coefficient (Wildman–Crippen LogP) is 3.75. The molecular weight excluding hydrogens is 521 g/mol. The van der Waals surface area contributed by atoms with Crippen LogP contribution in [0.5, 0.6) is 0 Å². The van der Waals surface area contributed by atoms with Crippen molar-refractivity contribution in [1.29, 1.82) is 0 Å². The Kier molecular flexibility index (Phi) is 7.04. The summed E-state index contributed by atoms with van der Waals surface area (Å²) in [6.07, 6.45) is 5.53. The number of fused-ring (bicyclic) bond motifs is 2. The van der Waals surface area contributed by atoms with Crippen LogP contribution in [0.2, 0.25) is 0 Å². The van der Waals surface area contributed by atoms with Crippen molar-refractivity contribution in [3.8, 4) is 0 Å². The molecule has 5 fully saturated rings. The Morgan fingerprint density at radius 2 is 1.68 bits per heavy atom. The Morgan fingerprint density at radius 3 is 2.29 bits per heavy atom. The summed E-state index contributed by atoms with van der Waals surface area (Å²) < 4.78 is 73.1. The summed E-state index contributed by atoms with van der Waals surface area (Å²) in [5.41, 5.74) is 0.136. The van der Waals surface area contributed by atoms with Crippen molar-refractivity contribution in [3.05, 3.63) is 17.5 Å². The summed E-state index contributed by atoms with van der Waals surface area (Å²) in [5.74, 6) is -2.45. The SMILES string of the molecule is O=C(NC1CC2CCC(C1)N2S(=O)(=O)CC1CCC(NCC2CC(F)(F)C2)CC1)c1cc([C@@H]2C[C@H]2F)on1. The third-order valence-electron chi connectivity index (χ3n) is 9.32. The molecule has 1 aromatic rings. The summed E-state index contributed by atoms with van der Waals surface area (Å²) in [5, 5.41) is 10.2. The zero-order valence-electron chi connectivity index (χ0n) is 21.5. The lowest BCUT2D eigenvalue weighted by Gasteiger charge is -2.39. The second-order valence-corrected chi connectivity index (χ2v) is 14.3. The van der Waals surface area contributed by atoms with Gasteiger partial charge in [-0.1, -0.05) is 5.16 Å². The fourth-order valence-electron chi connectivity index (χ4n) is 7.17. The van der Waals surface area contributed by atoms with Gasteiger partial charge in [-0.15, -0.1) is 0 Å². The van der Waals surface area contributed by atoms with E-state index in [1.54, 1.807) is 4.31 Å². The van der Waals surface area contributed by atoms with Gasteiger partial charge in [0.2, 0.25) is 15.9 Å². The van der Waals surface area contributed by atoms with Gasteiger partial charge in [-0.2, -0.15) is 4.31 Å². The van der Waals surface area contributed by atoms with Crippen LogP contribution in [-0.4, -0.2) is 72.3 Å². The van der Waals surface area contributed by atoms with E-state index in [1.165, 1.54) is 6.07 Å². The third kappa shape index (κ3) is 5.63. The Morgan fingerprint density at radius 1 is 1.03 bits per heavy atom. The fourth-order valence-corrected chi connectivity index (χ4v) is 9.57. The quantitative estimate of drug-likeness (QED) is 0.479. The van der Waals surface area contributed by atoms with Crippen LogP contribution in [0.25, 0.3) is 0 Å². The molecule has 1 aromatic heterocycles. The summed E-state index contributed by atoms with van der Waals surface area (Å²) in [4.78, 5) is 12.7. The minimum atomic E-state index is -3.42. The second-order valence-electron chi connectivity index (χ2n) is 12.4. The van der Waals surface area contributed by atoms with E-state index in [9.17, 15) is 26.4 Å². The predicted molar refractivity (Wildman–Crippen MR) is 133 cm³/mol. The van der Waals surface area contributed by atoms with Crippen molar-refractivity contribution in [3.63, 3.8) is 0 Å². The number of amides is 1. The van der Waals surface area contributed by atoms with Crippen LogP contribution in [-0.2, 0) is 10.0 Å². The van der Waals surface area contributed by atoms with Crippen molar-refractivity contribution in [2.75, 3.05) is 12.3 Å². The number of alkyl halides is 3. The number of carbonyl (C=O) groups is 1. The van der Waals surface area contributed by atoms with E-state index in [4.69, 9.17) is 4.52 Å². The lowest BCUT2D eigenvalue weighted by Crippen LogP contribution is -2.53. The van der Waals surface area contributed by atoms with E-state index in [-0.39, 0.29) is 72.1 Å². The van der Waals surface area contributed by atoms with Gasteiger partial charge in [-0.25, -0.2) is 21.6 Å². The van der Waals surface area contributed by atoms with Crippen molar-refractivity contribution in [1.82, 2.24) is 20.1 Å². The van der Waals surface area contributed by atoms with Gasteiger partial charge in [0, 0.05) is 43.1 Å². The lowest BCUT2D eigenvalue weighted by atomic mass is 9.80. The van der Waals surface area contributed by atoms with E-state index >= 15 is 0 Å². The fraction of sp³-hybridized carbons (Fsp3) is 0.846. The average Bonchev–Trinajstić information content (AvgIpc) is 3.24. The van der Waals surface area contributed by atoms with Crippen LogP contribution in [0.4, 0.5) is 13.2 Å². The monoisotopic (exact) mass is 558 g/mol. The molecule has 2 unspecified atom stereocenters. The number of rotatable bonds is 9. The number of carbonyl (C=O) groups excluding carboxylic acids is 1. The van der Waals surface area contributed by atoms with Crippen molar-refractivity contribution in [2.45, 2.75) is 113 Å². The first-order valence-electron chi connectivity index (χ1n) is 14.1. The number of hydrogen-bond donors (Lipinski definition) is 2. The Balaban J connectivity index is 0.965. The molecule has 3 saturated carbocycles. The van der Waals surface area contributed by atoms with E-state index in [1.807, 2.05) is 0 Å². The molecule has 8 nitrogen and oxygen atoms in total. The molecule has 0 radical (unpaired) electrons. The largest absolute Gasteiger partial charge is 0.360 e. The van der Waals surface area contributed by atoms with E-state index in [0.717, 1.165) is 38.5 Å². The third-order valence-corrected chi connectivity index (χ3v) is 11.5. The maximum absolute atomic E-state index is 13.5. The number of hydrogen-bond acceptors (Lipinski definition) is 6. The molecule has 4 atom stereocenters. The van der Waals surface area contributed by atoms with Crippen LogP contribution in [0.1, 0.15) is 92.8 Å². The highest BCUT2D eigenvalue weighted by Gasteiger charge is 2.48. The molecule has 38 heavy (non-hydrogen) atoms. The molecule has 12 heteroatoms. The van der Waals surface area contributed by atoms with Gasteiger partial charge in [0.05, 0.1) is 11.7 Å². The zero-order chi connectivity index (χ0) is 26.7. The topological polar surface area (TPSA) is 105 Å². The number of nitrogens with one attached hydrogen (secondary N) is 2.